The number of hydrogen-bond acceptors (Lipinski definition) is 4. The van der Waals surface area contributed by atoms with Crippen LogP contribution in [0.5, 0.6) is 0 Å². The van der Waals surface area contributed by atoms with Crippen molar-refractivity contribution >= 4 is 22.9 Å². The smallest absolute Gasteiger partial charge is 0.267 e. The van der Waals surface area contributed by atoms with E-state index < -0.39 is 0 Å². The highest BCUT2D eigenvalue weighted by molar-refractivity contribution is 7.12. The van der Waals surface area contributed by atoms with Gasteiger partial charge in [-0.25, -0.2) is 4.98 Å². The molecule has 1 aromatic heterocycles. The van der Waals surface area contributed by atoms with Crippen LogP contribution in [-0.4, -0.2) is 17.4 Å². The van der Waals surface area contributed by atoms with Crippen LogP contribution in [0.25, 0.3) is 0 Å². The summed E-state index contributed by atoms with van der Waals surface area (Å²) < 4.78 is 0. The van der Waals surface area contributed by atoms with Crippen LogP contribution >= 0.6 is 11.3 Å². The number of rotatable bonds is 5. The molecule has 4 nitrogen and oxygen atoms in total. The lowest BCUT2D eigenvalue weighted by atomic mass is 9.91. The van der Waals surface area contributed by atoms with E-state index in [-0.39, 0.29) is 11.3 Å². The zero-order valence-corrected chi connectivity index (χ0v) is 14.4. The van der Waals surface area contributed by atoms with Crippen LogP contribution < -0.4 is 10.6 Å². The molecule has 2 N–H and O–H groups in total. The highest BCUT2D eigenvalue weighted by atomic mass is 32.1. The van der Waals surface area contributed by atoms with Crippen LogP contribution in [-0.2, 0) is 12.0 Å². The van der Waals surface area contributed by atoms with Crippen LogP contribution in [0.2, 0.25) is 0 Å². The Morgan fingerprint density at radius 1 is 1.32 bits per heavy atom. The van der Waals surface area contributed by atoms with E-state index in [0.29, 0.717) is 4.88 Å². The minimum atomic E-state index is -0.139. The molecule has 0 aliphatic rings. The molecule has 1 heterocycles. The molecule has 2 rings (SSSR count). The zero-order chi connectivity index (χ0) is 16.2. The van der Waals surface area contributed by atoms with E-state index >= 15 is 0 Å². The predicted octanol–water partition coefficient (Wildman–Crippen LogP) is 3.80. The lowest BCUT2D eigenvalue weighted by molar-refractivity contribution is 0.102. The number of carbonyl (C=O) groups is 1. The van der Waals surface area contributed by atoms with E-state index in [0.717, 1.165) is 30.0 Å². The van der Waals surface area contributed by atoms with E-state index in [1.807, 2.05) is 24.3 Å². The number of thiazole rings is 1. The van der Waals surface area contributed by atoms with Crippen molar-refractivity contribution in [1.82, 2.24) is 10.3 Å². The van der Waals surface area contributed by atoms with Gasteiger partial charge in [0.05, 0.1) is 11.2 Å². The second kappa shape index (κ2) is 7.03. The molecule has 0 bridgehead atoms. The maximum absolute atomic E-state index is 12.5. The highest BCUT2D eigenvalue weighted by Gasteiger charge is 2.24. The van der Waals surface area contributed by atoms with Gasteiger partial charge in [0.25, 0.3) is 5.91 Å². The first-order valence-corrected chi connectivity index (χ1v) is 8.34. The standard InChI is InChI=1S/C17H23N3OS/c1-5-18-10-12-7-6-8-13(9-12)20-16(21)14-15(17(2,3)4)19-11-22-14/h6-9,11,18H,5,10H2,1-4H3,(H,20,21). The zero-order valence-electron chi connectivity index (χ0n) is 13.6. The second-order valence-corrected chi connectivity index (χ2v) is 7.07. The molecule has 1 aromatic carbocycles. The third kappa shape index (κ3) is 4.15. The van der Waals surface area contributed by atoms with Crippen LogP contribution in [0.3, 0.4) is 0 Å². The number of anilines is 1. The number of benzene rings is 1. The molecular formula is C17H23N3OS. The first kappa shape index (κ1) is 16.6. The van der Waals surface area contributed by atoms with Gasteiger partial charge in [0, 0.05) is 17.6 Å². The van der Waals surface area contributed by atoms with Gasteiger partial charge in [-0.3, -0.25) is 4.79 Å². The van der Waals surface area contributed by atoms with Crippen molar-refractivity contribution in [3.8, 4) is 0 Å². The van der Waals surface area contributed by atoms with E-state index in [1.165, 1.54) is 11.3 Å². The molecule has 2 aromatic rings. The molecule has 0 saturated heterocycles. The van der Waals surface area contributed by atoms with Crippen molar-refractivity contribution in [3.63, 3.8) is 0 Å². The quantitative estimate of drug-likeness (QED) is 0.882. The topological polar surface area (TPSA) is 54.0 Å². The second-order valence-electron chi connectivity index (χ2n) is 6.21. The molecule has 0 saturated carbocycles. The summed E-state index contributed by atoms with van der Waals surface area (Å²) in [4.78, 5) is 17.6. The third-order valence-corrected chi connectivity index (χ3v) is 4.07. The van der Waals surface area contributed by atoms with Gasteiger partial charge < -0.3 is 10.6 Å². The molecule has 118 valence electrons. The van der Waals surface area contributed by atoms with Gasteiger partial charge in [-0.2, -0.15) is 0 Å². The Balaban J connectivity index is 2.14. The van der Waals surface area contributed by atoms with Gasteiger partial charge in [-0.15, -0.1) is 11.3 Å². The SMILES string of the molecule is CCNCc1cccc(NC(=O)c2scnc2C(C)(C)C)c1. The summed E-state index contributed by atoms with van der Waals surface area (Å²) >= 11 is 1.39. The normalized spacial score (nSPS) is 11.5. The molecule has 0 fully saturated rings. The molecule has 5 heteroatoms. The fourth-order valence-electron chi connectivity index (χ4n) is 2.16. The Kier molecular flexibility index (Phi) is 5.32. The Hall–Kier alpha value is -1.72. The highest BCUT2D eigenvalue weighted by Crippen LogP contribution is 2.27. The fourth-order valence-corrected chi connectivity index (χ4v) is 3.05. The van der Waals surface area contributed by atoms with Gasteiger partial charge in [-0.05, 0) is 24.2 Å². The Morgan fingerprint density at radius 3 is 2.77 bits per heavy atom. The van der Waals surface area contributed by atoms with Gasteiger partial charge in [0.15, 0.2) is 0 Å². The molecule has 22 heavy (non-hydrogen) atoms. The Bertz CT molecular complexity index is 643. The van der Waals surface area contributed by atoms with E-state index in [9.17, 15) is 4.79 Å². The van der Waals surface area contributed by atoms with Gasteiger partial charge in [0.2, 0.25) is 0 Å². The summed E-state index contributed by atoms with van der Waals surface area (Å²) in [7, 11) is 0. The lowest BCUT2D eigenvalue weighted by Gasteiger charge is -2.17. The van der Waals surface area contributed by atoms with Gasteiger partial charge in [0.1, 0.15) is 4.88 Å². The van der Waals surface area contributed by atoms with Gasteiger partial charge >= 0.3 is 0 Å². The van der Waals surface area contributed by atoms with E-state index in [1.54, 1.807) is 5.51 Å². The summed E-state index contributed by atoms with van der Waals surface area (Å²) in [6.07, 6.45) is 0. The molecule has 0 atom stereocenters. The Morgan fingerprint density at radius 2 is 2.09 bits per heavy atom. The summed E-state index contributed by atoms with van der Waals surface area (Å²) in [5.41, 5.74) is 4.41. The predicted molar refractivity (Wildman–Crippen MR) is 92.6 cm³/mol. The van der Waals surface area contributed by atoms with E-state index in [4.69, 9.17) is 0 Å². The average Bonchev–Trinajstić information content (AvgIpc) is 2.95. The number of amides is 1. The molecule has 0 radical (unpaired) electrons. The van der Waals surface area contributed by atoms with Crippen molar-refractivity contribution in [2.45, 2.75) is 39.7 Å². The lowest BCUT2D eigenvalue weighted by Crippen LogP contribution is -2.20. The molecule has 0 unspecified atom stereocenters. The minimum absolute atomic E-state index is 0.0898. The van der Waals surface area contributed by atoms with Crippen molar-refractivity contribution < 1.29 is 4.79 Å². The monoisotopic (exact) mass is 317 g/mol. The fraction of sp³-hybridized carbons (Fsp3) is 0.412. The Labute approximate surface area is 136 Å². The van der Waals surface area contributed by atoms with Crippen molar-refractivity contribution in [1.29, 1.82) is 0 Å². The summed E-state index contributed by atoms with van der Waals surface area (Å²) in [5.74, 6) is -0.0898. The number of aromatic nitrogens is 1. The third-order valence-electron chi connectivity index (χ3n) is 3.25. The molecule has 0 aliphatic carbocycles. The molecule has 0 spiro atoms. The molecular weight excluding hydrogens is 294 g/mol. The molecule has 1 amide bonds. The number of hydrogen-bond donors (Lipinski definition) is 2. The van der Waals surface area contributed by atoms with Gasteiger partial charge in [-0.1, -0.05) is 39.8 Å². The first-order valence-electron chi connectivity index (χ1n) is 7.46. The van der Waals surface area contributed by atoms with Crippen molar-refractivity contribution in [2.24, 2.45) is 0 Å². The minimum Gasteiger partial charge on any atom is -0.321 e. The maximum Gasteiger partial charge on any atom is 0.267 e. The summed E-state index contributed by atoms with van der Waals surface area (Å²) in [5, 5.41) is 6.26. The molecule has 0 aliphatic heterocycles. The first-order chi connectivity index (χ1) is 10.4. The summed E-state index contributed by atoms with van der Waals surface area (Å²) in [6.45, 7) is 9.99. The largest absolute Gasteiger partial charge is 0.321 e. The number of nitrogens with zero attached hydrogens (tertiary/aromatic N) is 1. The maximum atomic E-state index is 12.5. The van der Waals surface area contributed by atoms with Crippen LogP contribution in [0.1, 0.15) is 48.6 Å². The van der Waals surface area contributed by atoms with Crippen molar-refractivity contribution in [3.05, 3.63) is 45.9 Å². The number of carbonyl (C=O) groups excluding carboxylic acids is 1. The van der Waals surface area contributed by atoms with Crippen LogP contribution in [0.15, 0.2) is 29.8 Å². The number of nitrogens with one attached hydrogen (secondary N) is 2. The van der Waals surface area contributed by atoms with E-state index in [2.05, 4.69) is 43.3 Å². The van der Waals surface area contributed by atoms with Crippen LogP contribution in [0, 0.1) is 0 Å². The van der Waals surface area contributed by atoms with Crippen molar-refractivity contribution in [2.75, 3.05) is 11.9 Å². The van der Waals surface area contributed by atoms with Crippen LogP contribution in [0.4, 0.5) is 5.69 Å². The average molecular weight is 317 g/mol. The summed E-state index contributed by atoms with van der Waals surface area (Å²) in [6, 6.07) is 7.91.